The molecule has 7 nitrogen and oxygen atoms in total. The van der Waals surface area contributed by atoms with Crippen LogP contribution in [0, 0.1) is 0 Å². The van der Waals surface area contributed by atoms with Gasteiger partial charge in [-0.2, -0.15) is 0 Å². The first kappa shape index (κ1) is 19.1. The lowest BCUT2D eigenvalue weighted by Gasteiger charge is -2.40. The summed E-state index contributed by atoms with van der Waals surface area (Å²) in [5, 5.41) is 0. The predicted molar refractivity (Wildman–Crippen MR) is 111 cm³/mol. The van der Waals surface area contributed by atoms with Crippen LogP contribution in [0.2, 0.25) is 0 Å². The molecule has 2 aliphatic heterocycles. The van der Waals surface area contributed by atoms with Crippen LogP contribution < -0.4 is 19.3 Å². The molecule has 2 amide bonds. The maximum absolute atomic E-state index is 13.1. The van der Waals surface area contributed by atoms with Gasteiger partial charge in [0.2, 0.25) is 5.91 Å². The molecule has 0 saturated carbocycles. The quantitative estimate of drug-likeness (QED) is 0.797. The van der Waals surface area contributed by atoms with E-state index in [1.54, 1.807) is 18.1 Å². The largest absolute Gasteiger partial charge is 0.497 e. The number of carbonyl (C=O) groups excluding carboxylic acids is 2. The molecule has 2 aliphatic rings. The molecule has 0 N–H and O–H groups in total. The molecule has 1 atom stereocenters. The van der Waals surface area contributed by atoms with E-state index in [0.717, 1.165) is 24.5 Å². The molecule has 2 aromatic carbocycles. The SMILES string of the molecule is COc1ccc(N2CCN(C(=O)[C@@H]3CN(C(C)=O)c4ccccc4O3)CC2)cc1. The molecular formula is C22H25N3O4. The van der Waals surface area contributed by atoms with Gasteiger partial charge in [-0.15, -0.1) is 0 Å². The molecule has 0 spiro atoms. The van der Waals surface area contributed by atoms with Gasteiger partial charge in [-0.05, 0) is 36.4 Å². The minimum absolute atomic E-state index is 0.0693. The lowest BCUT2D eigenvalue weighted by atomic mass is 10.1. The zero-order chi connectivity index (χ0) is 20.4. The van der Waals surface area contributed by atoms with Crippen molar-refractivity contribution in [3.8, 4) is 11.5 Å². The summed E-state index contributed by atoms with van der Waals surface area (Å²) < 4.78 is 11.2. The van der Waals surface area contributed by atoms with E-state index in [1.165, 1.54) is 6.92 Å². The second-order valence-corrected chi connectivity index (χ2v) is 7.21. The van der Waals surface area contributed by atoms with E-state index in [9.17, 15) is 9.59 Å². The predicted octanol–water partition coefficient (Wildman–Crippen LogP) is 2.16. The number of anilines is 2. The molecule has 4 rings (SSSR count). The molecule has 0 bridgehead atoms. The number of nitrogens with zero attached hydrogens (tertiary/aromatic N) is 3. The highest BCUT2D eigenvalue weighted by Crippen LogP contribution is 2.33. The lowest BCUT2D eigenvalue weighted by molar-refractivity contribution is -0.139. The van der Waals surface area contributed by atoms with Crippen LogP contribution in [0.25, 0.3) is 0 Å². The fourth-order valence-corrected chi connectivity index (χ4v) is 3.84. The van der Waals surface area contributed by atoms with Gasteiger partial charge in [0.05, 0.1) is 19.3 Å². The first-order valence-electron chi connectivity index (χ1n) is 9.78. The Bertz CT molecular complexity index is 891. The first-order valence-corrected chi connectivity index (χ1v) is 9.78. The Morgan fingerprint density at radius 3 is 2.34 bits per heavy atom. The molecule has 0 unspecified atom stereocenters. The summed E-state index contributed by atoms with van der Waals surface area (Å²) in [4.78, 5) is 30.9. The van der Waals surface area contributed by atoms with Gasteiger partial charge in [-0.3, -0.25) is 9.59 Å². The third-order valence-corrected chi connectivity index (χ3v) is 5.46. The van der Waals surface area contributed by atoms with Crippen LogP contribution in [-0.4, -0.2) is 62.7 Å². The van der Waals surface area contributed by atoms with Crippen molar-refractivity contribution in [1.29, 1.82) is 0 Å². The summed E-state index contributed by atoms with van der Waals surface area (Å²) in [6, 6.07) is 15.3. The fourth-order valence-electron chi connectivity index (χ4n) is 3.84. The van der Waals surface area contributed by atoms with Gasteiger partial charge < -0.3 is 24.2 Å². The number of carbonyl (C=O) groups is 2. The maximum atomic E-state index is 13.1. The van der Waals surface area contributed by atoms with Gasteiger partial charge >= 0.3 is 0 Å². The number of fused-ring (bicyclic) bond motifs is 1. The third-order valence-electron chi connectivity index (χ3n) is 5.46. The normalized spacial score (nSPS) is 18.7. The van der Waals surface area contributed by atoms with Crippen LogP contribution >= 0.6 is 0 Å². The first-order chi connectivity index (χ1) is 14.1. The average molecular weight is 395 g/mol. The van der Waals surface area contributed by atoms with E-state index in [1.807, 2.05) is 47.4 Å². The highest BCUT2D eigenvalue weighted by atomic mass is 16.5. The monoisotopic (exact) mass is 395 g/mol. The summed E-state index contributed by atoms with van der Waals surface area (Å²) in [6.45, 7) is 4.48. The summed E-state index contributed by atoms with van der Waals surface area (Å²) in [5.74, 6) is 1.24. The zero-order valence-corrected chi connectivity index (χ0v) is 16.7. The topological polar surface area (TPSA) is 62.3 Å². The molecule has 2 aromatic rings. The van der Waals surface area contributed by atoms with Crippen molar-refractivity contribution < 1.29 is 19.1 Å². The number of piperazine rings is 1. The van der Waals surface area contributed by atoms with Crippen LogP contribution in [0.4, 0.5) is 11.4 Å². The van der Waals surface area contributed by atoms with Crippen LogP contribution in [0.1, 0.15) is 6.92 Å². The van der Waals surface area contributed by atoms with Crippen molar-refractivity contribution in [2.24, 2.45) is 0 Å². The average Bonchev–Trinajstić information content (AvgIpc) is 2.78. The number of methoxy groups -OCH3 is 1. The van der Waals surface area contributed by atoms with E-state index in [-0.39, 0.29) is 18.4 Å². The van der Waals surface area contributed by atoms with Gasteiger partial charge in [0, 0.05) is 38.8 Å². The van der Waals surface area contributed by atoms with Crippen LogP contribution in [0.15, 0.2) is 48.5 Å². The Kier molecular flexibility index (Phi) is 5.29. The standard InChI is InChI=1S/C22H25N3O4/c1-16(26)25-15-21(29-20-6-4-3-5-19(20)25)22(27)24-13-11-23(12-14-24)17-7-9-18(28-2)10-8-17/h3-10,21H,11-15H2,1-2H3/t21-/m0/s1. The van der Waals surface area contributed by atoms with Crippen molar-refractivity contribution in [3.05, 3.63) is 48.5 Å². The van der Waals surface area contributed by atoms with Crippen molar-refractivity contribution >= 4 is 23.2 Å². The van der Waals surface area contributed by atoms with E-state index in [4.69, 9.17) is 9.47 Å². The Balaban J connectivity index is 1.41. The summed E-state index contributed by atoms with van der Waals surface area (Å²) in [5.41, 5.74) is 1.83. The molecule has 0 radical (unpaired) electrons. The molecule has 1 fully saturated rings. The van der Waals surface area contributed by atoms with Crippen molar-refractivity contribution in [2.45, 2.75) is 13.0 Å². The second kappa shape index (κ2) is 8.03. The van der Waals surface area contributed by atoms with Crippen LogP contribution in [-0.2, 0) is 9.59 Å². The Labute approximate surface area is 170 Å². The summed E-state index contributed by atoms with van der Waals surface area (Å²) in [7, 11) is 1.65. The number of rotatable bonds is 3. The Morgan fingerprint density at radius 2 is 1.69 bits per heavy atom. The third kappa shape index (κ3) is 3.85. The number of benzene rings is 2. The van der Waals surface area contributed by atoms with Gasteiger partial charge in [-0.1, -0.05) is 12.1 Å². The maximum Gasteiger partial charge on any atom is 0.265 e. The number of hydrogen-bond acceptors (Lipinski definition) is 5. The summed E-state index contributed by atoms with van der Waals surface area (Å²) >= 11 is 0. The minimum atomic E-state index is -0.679. The van der Waals surface area contributed by atoms with Crippen molar-refractivity contribution in [2.75, 3.05) is 49.6 Å². The zero-order valence-electron chi connectivity index (χ0n) is 16.7. The second-order valence-electron chi connectivity index (χ2n) is 7.21. The van der Waals surface area contributed by atoms with Gasteiger partial charge in [-0.25, -0.2) is 0 Å². The van der Waals surface area contributed by atoms with Gasteiger partial charge in [0.1, 0.15) is 11.5 Å². The Hall–Kier alpha value is -3.22. The van der Waals surface area contributed by atoms with Gasteiger partial charge in [0.15, 0.2) is 6.10 Å². The molecule has 2 heterocycles. The smallest absolute Gasteiger partial charge is 0.265 e. The van der Waals surface area contributed by atoms with Crippen LogP contribution in [0.5, 0.6) is 11.5 Å². The molecule has 0 aliphatic carbocycles. The van der Waals surface area contributed by atoms with Crippen molar-refractivity contribution in [3.63, 3.8) is 0 Å². The van der Waals surface area contributed by atoms with E-state index < -0.39 is 6.10 Å². The number of hydrogen-bond donors (Lipinski definition) is 0. The molecule has 7 heteroatoms. The molecular weight excluding hydrogens is 370 g/mol. The fraction of sp³-hybridized carbons (Fsp3) is 0.364. The number of para-hydroxylation sites is 2. The molecule has 1 saturated heterocycles. The summed E-state index contributed by atoms with van der Waals surface area (Å²) in [6.07, 6.45) is -0.679. The van der Waals surface area contributed by atoms with Gasteiger partial charge in [0.25, 0.3) is 5.91 Å². The number of ether oxygens (including phenoxy) is 2. The highest BCUT2D eigenvalue weighted by Gasteiger charge is 2.35. The molecule has 0 aromatic heterocycles. The lowest BCUT2D eigenvalue weighted by Crippen LogP contribution is -2.56. The minimum Gasteiger partial charge on any atom is -0.497 e. The van der Waals surface area contributed by atoms with E-state index in [0.29, 0.717) is 24.5 Å². The Morgan fingerprint density at radius 1 is 1.00 bits per heavy atom. The van der Waals surface area contributed by atoms with E-state index >= 15 is 0 Å². The number of amides is 2. The molecule has 152 valence electrons. The van der Waals surface area contributed by atoms with Crippen molar-refractivity contribution in [1.82, 2.24) is 4.90 Å². The van der Waals surface area contributed by atoms with Crippen LogP contribution in [0.3, 0.4) is 0 Å². The highest BCUT2D eigenvalue weighted by molar-refractivity contribution is 5.95. The van der Waals surface area contributed by atoms with E-state index in [2.05, 4.69) is 4.90 Å². The molecule has 29 heavy (non-hydrogen) atoms.